The molecule has 0 fully saturated rings. The van der Waals surface area contributed by atoms with E-state index >= 15 is 0 Å². The summed E-state index contributed by atoms with van der Waals surface area (Å²) >= 11 is 5.67. The molecule has 0 saturated heterocycles. The summed E-state index contributed by atoms with van der Waals surface area (Å²) in [5, 5.41) is 0.501. The van der Waals surface area contributed by atoms with E-state index in [1.807, 2.05) is 23.8 Å². The van der Waals surface area contributed by atoms with Crippen LogP contribution < -0.4 is 0 Å². The fourth-order valence-corrected chi connectivity index (χ4v) is 1.19. The number of hydrogen-bond donors (Lipinski definition) is 0. The SMILES string of the molecule is Cc1cn(-c2ccc(Cl)nc2)cn1. The fraction of sp³-hybridized carbons (Fsp3) is 0.111. The van der Waals surface area contributed by atoms with E-state index in [-0.39, 0.29) is 0 Å². The molecule has 13 heavy (non-hydrogen) atoms. The second-order valence-corrected chi connectivity index (χ2v) is 3.15. The van der Waals surface area contributed by atoms with Crippen molar-refractivity contribution in [3.05, 3.63) is 41.7 Å². The van der Waals surface area contributed by atoms with Gasteiger partial charge in [0.2, 0.25) is 0 Å². The van der Waals surface area contributed by atoms with Gasteiger partial charge in [-0.1, -0.05) is 11.6 Å². The van der Waals surface area contributed by atoms with Gasteiger partial charge < -0.3 is 4.57 Å². The van der Waals surface area contributed by atoms with Gasteiger partial charge in [0.15, 0.2) is 0 Å². The van der Waals surface area contributed by atoms with Crippen molar-refractivity contribution in [2.75, 3.05) is 0 Å². The largest absolute Gasteiger partial charge is 0.304 e. The van der Waals surface area contributed by atoms with Gasteiger partial charge in [-0.3, -0.25) is 0 Å². The van der Waals surface area contributed by atoms with Crippen molar-refractivity contribution in [2.45, 2.75) is 6.92 Å². The Labute approximate surface area is 81.0 Å². The molecule has 0 atom stereocenters. The Kier molecular flexibility index (Phi) is 2.02. The maximum Gasteiger partial charge on any atom is 0.129 e. The summed E-state index contributed by atoms with van der Waals surface area (Å²) in [7, 11) is 0. The van der Waals surface area contributed by atoms with Crippen LogP contribution >= 0.6 is 11.6 Å². The molecule has 3 nitrogen and oxygen atoms in total. The van der Waals surface area contributed by atoms with Gasteiger partial charge in [-0.2, -0.15) is 0 Å². The molecule has 0 aliphatic rings. The van der Waals surface area contributed by atoms with E-state index in [0.717, 1.165) is 11.4 Å². The van der Waals surface area contributed by atoms with Crippen LogP contribution in [-0.4, -0.2) is 14.5 Å². The highest BCUT2D eigenvalue weighted by Gasteiger charge is 1.97. The smallest absolute Gasteiger partial charge is 0.129 e. The molecule has 66 valence electrons. The van der Waals surface area contributed by atoms with Gasteiger partial charge in [0.25, 0.3) is 0 Å². The average Bonchev–Trinajstić information content (AvgIpc) is 2.53. The number of imidazole rings is 1. The van der Waals surface area contributed by atoms with Gasteiger partial charge in [0.05, 0.1) is 23.9 Å². The topological polar surface area (TPSA) is 30.7 Å². The summed E-state index contributed by atoms with van der Waals surface area (Å²) < 4.78 is 1.90. The maximum atomic E-state index is 5.67. The summed E-state index contributed by atoms with van der Waals surface area (Å²) in [6.45, 7) is 1.94. The molecular weight excluding hydrogens is 186 g/mol. The van der Waals surface area contributed by atoms with Crippen molar-refractivity contribution in [3.63, 3.8) is 0 Å². The van der Waals surface area contributed by atoms with Crippen LogP contribution in [0.4, 0.5) is 0 Å². The summed E-state index contributed by atoms with van der Waals surface area (Å²) in [6.07, 6.45) is 5.40. The molecule has 0 amide bonds. The van der Waals surface area contributed by atoms with Crippen LogP contribution in [0.3, 0.4) is 0 Å². The van der Waals surface area contributed by atoms with Gasteiger partial charge in [0.1, 0.15) is 5.15 Å². The molecule has 0 aliphatic carbocycles. The monoisotopic (exact) mass is 193 g/mol. The summed E-state index contributed by atoms with van der Waals surface area (Å²) in [6, 6.07) is 3.66. The van der Waals surface area contributed by atoms with Crippen molar-refractivity contribution < 1.29 is 0 Å². The van der Waals surface area contributed by atoms with Gasteiger partial charge in [0, 0.05) is 6.20 Å². The van der Waals surface area contributed by atoms with E-state index in [9.17, 15) is 0 Å². The van der Waals surface area contributed by atoms with Crippen LogP contribution in [0.2, 0.25) is 5.15 Å². The highest BCUT2D eigenvalue weighted by molar-refractivity contribution is 6.29. The number of rotatable bonds is 1. The Hall–Kier alpha value is -1.35. The molecular formula is C9H8ClN3. The number of pyridine rings is 1. The number of nitrogens with zero attached hydrogens (tertiary/aromatic N) is 3. The van der Waals surface area contributed by atoms with Crippen LogP contribution in [0, 0.1) is 6.92 Å². The zero-order valence-electron chi connectivity index (χ0n) is 7.11. The lowest BCUT2D eigenvalue weighted by Gasteiger charge is -1.99. The van der Waals surface area contributed by atoms with E-state index < -0.39 is 0 Å². The van der Waals surface area contributed by atoms with Crippen molar-refractivity contribution in [1.82, 2.24) is 14.5 Å². The Morgan fingerprint density at radius 1 is 1.31 bits per heavy atom. The lowest BCUT2D eigenvalue weighted by atomic mass is 10.4. The zero-order valence-corrected chi connectivity index (χ0v) is 7.86. The Morgan fingerprint density at radius 2 is 2.15 bits per heavy atom. The third-order valence-corrected chi connectivity index (χ3v) is 1.95. The van der Waals surface area contributed by atoms with Crippen LogP contribution in [-0.2, 0) is 0 Å². The molecule has 0 spiro atoms. The summed E-state index contributed by atoms with van der Waals surface area (Å²) in [5.74, 6) is 0. The number of aryl methyl sites for hydroxylation is 1. The highest BCUT2D eigenvalue weighted by Crippen LogP contribution is 2.10. The molecule has 0 radical (unpaired) electrons. The minimum Gasteiger partial charge on any atom is -0.304 e. The number of hydrogen-bond acceptors (Lipinski definition) is 2. The Bertz CT molecular complexity index is 405. The Morgan fingerprint density at radius 3 is 2.69 bits per heavy atom. The number of halogens is 1. The minimum absolute atomic E-state index is 0.501. The third kappa shape index (κ3) is 1.70. The van der Waals surface area contributed by atoms with Crippen molar-refractivity contribution >= 4 is 11.6 Å². The average molecular weight is 194 g/mol. The molecule has 2 heterocycles. The molecule has 4 heteroatoms. The highest BCUT2D eigenvalue weighted by atomic mass is 35.5. The molecule has 0 saturated carbocycles. The molecule has 0 N–H and O–H groups in total. The van der Waals surface area contributed by atoms with Crippen molar-refractivity contribution in [3.8, 4) is 5.69 Å². The fourth-order valence-electron chi connectivity index (χ4n) is 1.08. The first kappa shape index (κ1) is 8.26. The minimum atomic E-state index is 0.501. The first-order valence-corrected chi connectivity index (χ1v) is 4.26. The standard InChI is InChI=1S/C9H8ClN3/c1-7-5-13(6-12-7)8-2-3-9(10)11-4-8/h2-6H,1H3. The van der Waals surface area contributed by atoms with E-state index in [2.05, 4.69) is 9.97 Å². The van der Waals surface area contributed by atoms with E-state index in [1.54, 1.807) is 18.6 Å². The van der Waals surface area contributed by atoms with Gasteiger partial charge in [-0.05, 0) is 19.1 Å². The predicted octanol–water partition coefficient (Wildman–Crippen LogP) is 2.23. The van der Waals surface area contributed by atoms with Crippen LogP contribution in [0.25, 0.3) is 5.69 Å². The first-order chi connectivity index (χ1) is 6.25. The molecule has 0 bridgehead atoms. The molecule has 2 aromatic rings. The van der Waals surface area contributed by atoms with Crippen molar-refractivity contribution in [1.29, 1.82) is 0 Å². The quantitative estimate of drug-likeness (QED) is 0.651. The zero-order chi connectivity index (χ0) is 9.26. The first-order valence-electron chi connectivity index (χ1n) is 3.88. The van der Waals surface area contributed by atoms with Crippen LogP contribution in [0.1, 0.15) is 5.69 Å². The predicted molar refractivity (Wildman–Crippen MR) is 51.1 cm³/mol. The second-order valence-electron chi connectivity index (χ2n) is 2.76. The van der Waals surface area contributed by atoms with Gasteiger partial charge in [-0.15, -0.1) is 0 Å². The van der Waals surface area contributed by atoms with E-state index in [4.69, 9.17) is 11.6 Å². The van der Waals surface area contributed by atoms with E-state index in [0.29, 0.717) is 5.15 Å². The molecule has 0 unspecified atom stereocenters. The lowest BCUT2D eigenvalue weighted by Crippen LogP contribution is -1.90. The lowest BCUT2D eigenvalue weighted by molar-refractivity contribution is 1.04. The Balaban J connectivity index is 2.41. The van der Waals surface area contributed by atoms with Crippen LogP contribution in [0.15, 0.2) is 30.9 Å². The molecule has 0 aromatic carbocycles. The summed E-state index contributed by atoms with van der Waals surface area (Å²) in [5.41, 5.74) is 1.94. The maximum absolute atomic E-state index is 5.67. The van der Waals surface area contributed by atoms with Gasteiger partial charge >= 0.3 is 0 Å². The van der Waals surface area contributed by atoms with Gasteiger partial charge in [-0.25, -0.2) is 9.97 Å². The van der Waals surface area contributed by atoms with Crippen LogP contribution in [0.5, 0.6) is 0 Å². The normalized spacial score (nSPS) is 10.3. The molecule has 2 rings (SSSR count). The van der Waals surface area contributed by atoms with Crippen molar-refractivity contribution in [2.24, 2.45) is 0 Å². The molecule has 0 aliphatic heterocycles. The number of aromatic nitrogens is 3. The van der Waals surface area contributed by atoms with E-state index in [1.165, 1.54) is 0 Å². The molecule has 2 aromatic heterocycles. The summed E-state index contributed by atoms with van der Waals surface area (Å²) in [4.78, 5) is 8.10. The second kappa shape index (κ2) is 3.18. The third-order valence-electron chi connectivity index (χ3n) is 1.72.